The molecule has 198 valence electrons. The molecule has 37 heavy (non-hydrogen) atoms. The van der Waals surface area contributed by atoms with Crippen LogP contribution in [0.15, 0.2) is 54.7 Å². The van der Waals surface area contributed by atoms with Crippen LogP contribution in [0.25, 0.3) is 0 Å². The largest absolute Gasteiger partial charge is 0.457 e. The molecule has 3 rings (SSSR count). The molecule has 0 saturated heterocycles. The lowest BCUT2D eigenvalue weighted by Gasteiger charge is -2.13. The molecule has 0 aliphatic rings. The number of pyridine rings is 1. The van der Waals surface area contributed by atoms with E-state index in [9.17, 15) is 27.2 Å². The zero-order valence-corrected chi connectivity index (χ0v) is 19.5. The van der Waals surface area contributed by atoms with Crippen LogP contribution >= 0.6 is 11.6 Å². The second-order valence-corrected chi connectivity index (χ2v) is 8.01. The van der Waals surface area contributed by atoms with Crippen LogP contribution in [0.4, 0.5) is 33.7 Å². The van der Waals surface area contributed by atoms with E-state index in [-0.39, 0.29) is 28.6 Å². The standard InChI is InChI=1S/C20H13ClF4N4O3.H2O4S/c21-14-3-1-10(7-13(14)20(23,24)25)28-19(31)29-16-4-2-11(8-15(16)22)32-12-5-6-27-17(9-12)18(26)30;1-5(2,3)4/h1-9H,(H2,26,30)(H2,28,29,31);(H2,1,2,3,4). The number of ether oxygens (including phenoxy) is 1. The monoisotopic (exact) mass is 566 g/mol. The van der Waals surface area contributed by atoms with E-state index in [4.69, 9.17) is 39.6 Å². The average molecular weight is 567 g/mol. The van der Waals surface area contributed by atoms with Crippen LogP contribution in [0.1, 0.15) is 16.1 Å². The highest BCUT2D eigenvalue weighted by molar-refractivity contribution is 7.79. The van der Waals surface area contributed by atoms with E-state index in [0.29, 0.717) is 6.07 Å². The molecule has 3 aromatic rings. The SMILES string of the molecule is NC(=O)c1cc(Oc2ccc(NC(=O)Nc3ccc(Cl)c(C(F)(F)F)c3)c(F)c2)ccn1.O=S(=O)(O)O. The van der Waals surface area contributed by atoms with Gasteiger partial charge in [0.05, 0.1) is 16.3 Å². The number of nitrogens with two attached hydrogens (primary N) is 1. The number of hydrogen-bond donors (Lipinski definition) is 5. The first kappa shape index (κ1) is 29.2. The molecule has 0 unspecified atom stereocenters. The summed E-state index contributed by atoms with van der Waals surface area (Å²) in [5.74, 6) is -1.43. The highest BCUT2D eigenvalue weighted by atomic mass is 35.5. The van der Waals surface area contributed by atoms with Gasteiger partial charge < -0.3 is 21.1 Å². The summed E-state index contributed by atoms with van der Waals surface area (Å²) in [6.45, 7) is 0. The number of carbonyl (C=O) groups is 2. The first-order chi connectivity index (χ1) is 17.0. The molecule has 0 radical (unpaired) electrons. The summed E-state index contributed by atoms with van der Waals surface area (Å²) in [6.07, 6.45) is -3.42. The van der Waals surface area contributed by atoms with Crippen LogP contribution in [-0.4, -0.2) is 34.4 Å². The zero-order chi connectivity index (χ0) is 28.0. The number of nitrogens with one attached hydrogen (secondary N) is 2. The number of alkyl halides is 3. The molecule has 1 aromatic heterocycles. The summed E-state index contributed by atoms with van der Waals surface area (Å²) in [4.78, 5) is 27.0. The Hall–Kier alpha value is -3.99. The molecule has 0 bridgehead atoms. The molecule has 0 aliphatic heterocycles. The fourth-order valence-corrected chi connectivity index (χ4v) is 2.74. The van der Waals surface area contributed by atoms with Crippen molar-refractivity contribution in [1.29, 1.82) is 0 Å². The summed E-state index contributed by atoms with van der Waals surface area (Å²) >= 11 is 5.53. The number of primary amides is 1. The molecular weight excluding hydrogens is 552 g/mol. The fourth-order valence-electron chi connectivity index (χ4n) is 2.51. The van der Waals surface area contributed by atoms with Crippen molar-refractivity contribution in [3.05, 3.63) is 76.8 Å². The van der Waals surface area contributed by atoms with Crippen molar-refractivity contribution < 1.29 is 49.4 Å². The van der Waals surface area contributed by atoms with Gasteiger partial charge in [0, 0.05) is 24.0 Å². The van der Waals surface area contributed by atoms with Crippen LogP contribution in [0.5, 0.6) is 11.5 Å². The molecule has 3 amide bonds. The second-order valence-electron chi connectivity index (χ2n) is 6.70. The van der Waals surface area contributed by atoms with E-state index >= 15 is 0 Å². The van der Waals surface area contributed by atoms with Gasteiger partial charge in [0.15, 0.2) is 0 Å². The third-order valence-corrected chi connectivity index (χ3v) is 4.27. The summed E-state index contributed by atoms with van der Waals surface area (Å²) in [5, 5.41) is 3.83. The molecule has 2 aromatic carbocycles. The van der Waals surface area contributed by atoms with Gasteiger partial charge in [0.1, 0.15) is 23.0 Å². The smallest absolute Gasteiger partial charge is 0.417 e. The first-order valence-corrected chi connectivity index (χ1v) is 11.2. The number of nitrogens with zero attached hydrogens (tertiary/aromatic N) is 1. The van der Waals surface area contributed by atoms with Crippen LogP contribution in [-0.2, 0) is 16.6 Å². The first-order valence-electron chi connectivity index (χ1n) is 9.41. The Morgan fingerprint density at radius 2 is 1.62 bits per heavy atom. The molecule has 0 atom stereocenters. The van der Waals surface area contributed by atoms with Gasteiger partial charge in [-0.2, -0.15) is 21.6 Å². The quantitative estimate of drug-likeness (QED) is 0.216. The fraction of sp³-hybridized carbons (Fsp3) is 0.0500. The Labute approximate surface area is 210 Å². The highest BCUT2D eigenvalue weighted by Crippen LogP contribution is 2.36. The number of urea groups is 1. The van der Waals surface area contributed by atoms with Crippen LogP contribution < -0.4 is 21.1 Å². The molecule has 1 heterocycles. The van der Waals surface area contributed by atoms with Crippen molar-refractivity contribution in [1.82, 2.24) is 4.98 Å². The minimum atomic E-state index is -4.71. The number of amides is 3. The maximum atomic E-state index is 14.4. The van der Waals surface area contributed by atoms with Gasteiger partial charge in [-0.15, -0.1) is 0 Å². The minimum Gasteiger partial charge on any atom is -0.457 e. The Kier molecular flexibility index (Phi) is 9.35. The second kappa shape index (κ2) is 11.8. The molecule has 17 heteroatoms. The zero-order valence-electron chi connectivity index (χ0n) is 18.0. The lowest BCUT2D eigenvalue weighted by atomic mass is 10.2. The summed E-state index contributed by atoms with van der Waals surface area (Å²) in [5.41, 5.74) is 3.51. The molecular formula is C20H15ClF4N4O7S. The molecule has 6 N–H and O–H groups in total. The van der Waals surface area contributed by atoms with E-state index in [1.54, 1.807) is 0 Å². The van der Waals surface area contributed by atoms with Gasteiger partial charge in [0.25, 0.3) is 5.91 Å². The van der Waals surface area contributed by atoms with Gasteiger partial charge in [-0.1, -0.05) is 11.6 Å². The Morgan fingerprint density at radius 3 is 2.19 bits per heavy atom. The number of anilines is 2. The normalized spacial score (nSPS) is 11.1. The topological polar surface area (TPSA) is 181 Å². The molecule has 11 nitrogen and oxygen atoms in total. The summed E-state index contributed by atoms with van der Waals surface area (Å²) in [7, 11) is -4.67. The predicted molar refractivity (Wildman–Crippen MR) is 123 cm³/mol. The number of hydrogen-bond acceptors (Lipinski definition) is 6. The number of carbonyl (C=O) groups excluding carboxylic acids is 2. The lowest BCUT2D eigenvalue weighted by molar-refractivity contribution is -0.137. The number of aromatic nitrogens is 1. The van der Waals surface area contributed by atoms with E-state index in [2.05, 4.69) is 15.6 Å². The van der Waals surface area contributed by atoms with Crippen LogP contribution in [0.2, 0.25) is 5.02 Å². The molecule has 0 spiro atoms. The van der Waals surface area contributed by atoms with E-state index in [0.717, 1.165) is 12.1 Å². The lowest BCUT2D eigenvalue weighted by Crippen LogP contribution is -2.20. The van der Waals surface area contributed by atoms with Gasteiger partial charge in [-0.05, 0) is 36.4 Å². The number of rotatable bonds is 5. The van der Waals surface area contributed by atoms with Crippen molar-refractivity contribution in [2.45, 2.75) is 6.18 Å². The van der Waals surface area contributed by atoms with E-state index in [1.807, 2.05) is 0 Å². The minimum absolute atomic E-state index is 0.0441. The third-order valence-electron chi connectivity index (χ3n) is 3.94. The molecule has 0 fully saturated rings. The van der Waals surface area contributed by atoms with Gasteiger partial charge in [0.2, 0.25) is 0 Å². The third kappa shape index (κ3) is 9.88. The molecule has 0 saturated carbocycles. The van der Waals surface area contributed by atoms with E-state index in [1.165, 1.54) is 36.5 Å². The van der Waals surface area contributed by atoms with Crippen LogP contribution in [0.3, 0.4) is 0 Å². The van der Waals surface area contributed by atoms with E-state index < -0.39 is 44.9 Å². The van der Waals surface area contributed by atoms with Crippen molar-refractivity contribution in [3.8, 4) is 11.5 Å². The van der Waals surface area contributed by atoms with Crippen molar-refractivity contribution in [2.24, 2.45) is 5.73 Å². The number of halogens is 5. The Morgan fingerprint density at radius 1 is 1.00 bits per heavy atom. The maximum Gasteiger partial charge on any atom is 0.417 e. The van der Waals surface area contributed by atoms with Crippen molar-refractivity contribution >= 4 is 45.3 Å². The highest BCUT2D eigenvalue weighted by Gasteiger charge is 2.33. The predicted octanol–water partition coefficient (Wildman–Crippen LogP) is 4.78. The van der Waals surface area contributed by atoms with Gasteiger partial charge in [-0.3, -0.25) is 18.9 Å². The maximum absolute atomic E-state index is 14.4. The van der Waals surface area contributed by atoms with Crippen LogP contribution in [0, 0.1) is 5.82 Å². The molecule has 0 aliphatic carbocycles. The average Bonchev–Trinajstić information content (AvgIpc) is 2.75. The number of benzene rings is 2. The summed E-state index contributed by atoms with van der Waals surface area (Å²) < 4.78 is 90.1. The Balaban J connectivity index is 0.000000877. The van der Waals surface area contributed by atoms with Gasteiger partial charge in [-0.25, -0.2) is 9.18 Å². The van der Waals surface area contributed by atoms with Crippen molar-refractivity contribution in [2.75, 3.05) is 10.6 Å². The summed E-state index contributed by atoms with van der Waals surface area (Å²) in [6, 6.07) is 7.99. The van der Waals surface area contributed by atoms with Gasteiger partial charge >= 0.3 is 22.6 Å². The Bertz CT molecular complexity index is 1410. The van der Waals surface area contributed by atoms with Crippen molar-refractivity contribution in [3.63, 3.8) is 0 Å².